The Hall–Kier alpha value is -0.570. The van der Waals surface area contributed by atoms with Crippen molar-refractivity contribution in [3.63, 3.8) is 0 Å². The summed E-state index contributed by atoms with van der Waals surface area (Å²) in [6.45, 7) is 0.963. The van der Waals surface area contributed by atoms with E-state index in [2.05, 4.69) is 10.3 Å². The van der Waals surface area contributed by atoms with E-state index in [4.69, 9.17) is 0 Å². The van der Waals surface area contributed by atoms with Gasteiger partial charge in [0.25, 0.3) is 0 Å². The van der Waals surface area contributed by atoms with Crippen molar-refractivity contribution in [3.05, 3.63) is 0 Å². The minimum absolute atomic E-state index is 0.162. The van der Waals surface area contributed by atoms with Gasteiger partial charge in [-0.25, -0.2) is 0 Å². The van der Waals surface area contributed by atoms with Gasteiger partial charge in [-0.15, -0.1) is 0 Å². The van der Waals surface area contributed by atoms with Crippen molar-refractivity contribution in [2.75, 3.05) is 6.54 Å². The third-order valence-corrected chi connectivity index (χ3v) is 3.46. The monoisotopic (exact) mass is 210 g/mol. The number of hydrogen-bond donors (Lipinski definition) is 2. The molecule has 2 unspecified atom stereocenters. The van der Waals surface area contributed by atoms with Gasteiger partial charge >= 0.3 is 0 Å². The van der Waals surface area contributed by atoms with Gasteiger partial charge in [0.2, 0.25) is 0 Å². The molecule has 0 saturated heterocycles. The smallest absolute Gasteiger partial charge is 0.0966 e. The zero-order chi connectivity index (χ0) is 10.5. The van der Waals surface area contributed by atoms with E-state index in [9.17, 15) is 5.11 Å². The summed E-state index contributed by atoms with van der Waals surface area (Å²) < 4.78 is 0. The van der Waals surface area contributed by atoms with Gasteiger partial charge < -0.3 is 10.4 Å². The SMILES string of the molecule is OC1CCCCC1NC1=NCCCCC1. The Morgan fingerprint density at radius 3 is 2.80 bits per heavy atom. The first kappa shape index (κ1) is 10.9. The third-order valence-electron chi connectivity index (χ3n) is 3.46. The predicted molar refractivity (Wildman–Crippen MR) is 62.2 cm³/mol. The molecule has 0 amide bonds. The Morgan fingerprint density at radius 2 is 1.93 bits per heavy atom. The third kappa shape index (κ3) is 3.20. The van der Waals surface area contributed by atoms with Gasteiger partial charge in [-0.3, -0.25) is 4.99 Å². The Labute approximate surface area is 92.0 Å². The molecule has 1 heterocycles. The highest BCUT2D eigenvalue weighted by Gasteiger charge is 2.23. The van der Waals surface area contributed by atoms with Crippen LogP contribution in [-0.4, -0.2) is 29.6 Å². The van der Waals surface area contributed by atoms with Crippen LogP contribution in [0.3, 0.4) is 0 Å². The van der Waals surface area contributed by atoms with Gasteiger partial charge in [0.05, 0.1) is 18.0 Å². The van der Waals surface area contributed by atoms with Crippen LogP contribution in [0.5, 0.6) is 0 Å². The van der Waals surface area contributed by atoms with E-state index in [1.165, 1.54) is 32.1 Å². The number of hydrogen-bond acceptors (Lipinski definition) is 3. The predicted octanol–water partition coefficient (Wildman–Crippen LogP) is 1.85. The van der Waals surface area contributed by atoms with Crippen molar-refractivity contribution in [2.45, 2.75) is 63.5 Å². The van der Waals surface area contributed by atoms with Gasteiger partial charge in [0.1, 0.15) is 0 Å². The molecule has 0 aromatic carbocycles. The summed E-state index contributed by atoms with van der Waals surface area (Å²) in [4.78, 5) is 4.55. The van der Waals surface area contributed by atoms with E-state index in [-0.39, 0.29) is 12.1 Å². The molecule has 0 bridgehead atoms. The average Bonchev–Trinajstić information content (AvgIpc) is 2.50. The van der Waals surface area contributed by atoms with Crippen LogP contribution in [0.2, 0.25) is 0 Å². The second-order valence-corrected chi connectivity index (χ2v) is 4.74. The molecule has 2 atom stereocenters. The number of rotatable bonds is 1. The summed E-state index contributed by atoms with van der Waals surface area (Å²) in [5.74, 6) is 1.14. The number of nitrogens with one attached hydrogen (secondary N) is 1. The van der Waals surface area contributed by atoms with E-state index in [1.54, 1.807) is 0 Å². The molecule has 3 nitrogen and oxygen atoms in total. The van der Waals surface area contributed by atoms with Crippen molar-refractivity contribution in [1.29, 1.82) is 0 Å². The maximum absolute atomic E-state index is 9.85. The molecule has 0 radical (unpaired) electrons. The number of aliphatic imine (C=N–C) groups is 1. The first-order valence-electron chi connectivity index (χ1n) is 6.34. The highest BCUT2D eigenvalue weighted by atomic mass is 16.3. The van der Waals surface area contributed by atoms with Crippen LogP contribution >= 0.6 is 0 Å². The molecular formula is C12H22N2O. The van der Waals surface area contributed by atoms with Gasteiger partial charge in [-0.2, -0.15) is 0 Å². The summed E-state index contributed by atoms with van der Waals surface area (Å²) in [5, 5.41) is 13.3. The fraction of sp³-hybridized carbons (Fsp3) is 0.917. The van der Waals surface area contributed by atoms with Crippen molar-refractivity contribution in [1.82, 2.24) is 5.32 Å². The van der Waals surface area contributed by atoms with Gasteiger partial charge in [-0.05, 0) is 25.7 Å². The highest BCUT2D eigenvalue weighted by Crippen LogP contribution is 2.19. The normalized spacial score (nSPS) is 33.0. The van der Waals surface area contributed by atoms with Crippen LogP contribution in [0.15, 0.2) is 4.99 Å². The molecule has 2 aliphatic rings. The highest BCUT2D eigenvalue weighted by molar-refractivity contribution is 5.82. The summed E-state index contributed by atoms with van der Waals surface area (Å²) in [5.41, 5.74) is 0. The maximum Gasteiger partial charge on any atom is 0.0966 e. The van der Waals surface area contributed by atoms with E-state index in [0.717, 1.165) is 31.6 Å². The molecule has 2 rings (SSSR count). The topological polar surface area (TPSA) is 44.6 Å². The zero-order valence-corrected chi connectivity index (χ0v) is 9.41. The molecular weight excluding hydrogens is 188 g/mol. The molecule has 0 aromatic rings. The molecule has 3 heteroatoms. The maximum atomic E-state index is 9.85. The second-order valence-electron chi connectivity index (χ2n) is 4.74. The standard InChI is InChI=1S/C12H22N2O/c15-11-7-4-3-6-10(11)14-12-8-2-1-5-9-13-12/h10-11,15H,1-9H2,(H,13,14). The van der Waals surface area contributed by atoms with Crippen molar-refractivity contribution >= 4 is 5.84 Å². The summed E-state index contributed by atoms with van der Waals surface area (Å²) >= 11 is 0. The number of aliphatic hydroxyl groups is 1. The van der Waals surface area contributed by atoms with Crippen LogP contribution in [0.4, 0.5) is 0 Å². The molecule has 1 fully saturated rings. The van der Waals surface area contributed by atoms with E-state index in [1.807, 2.05) is 0 Å². The quantitative estimate of drug-likeness (QED) is 0.693. The Bertz CT molecular complexity index is 228. The molecule has 0 spiro atoms. The van der Waals surface area contributed by atoms with Crippen molar-refractivity contribution in [2.24, 2.45) is 4.99 Å². The minimum Gasteiger partial charge on any atom is -0.391 e. The van der Waals surface area contributed by atoms with Crippen LogP contribution in [-0.2, 0) is 0 Å². The first-order valence-corrected chi connectivity index (χ1v) is 6.34. The van der Waals surface area contributed by atoms with Crippen molar-refractivity contribution < 1.29 is 5.11 Å². The van der Waals surface area contributed by atoms with Crippen LogP contribution < -0.4 is 5.32 Å². The Balaban J connectivity index is 1.85. The zero-order valence-electron chi connectivity index (χ0n) is 9.41. The summed E-state index contributed by atoms with van der Waals surface area (Å²) in [6.07, 6.45) is 9.13. The fourth-order valence-electron chi connectivity index (χ4n) is 2.49. The molecule has 0 aromatic heterocycles. The first-order chi connectivity index (χ1) is 7.36. The average molecular weight is 210 g/mol. The van der Waals surface area contributed by atoms with E-state index < -0.39 is 0 Å². The van der Waals surface area contributed by atoms with E-state index >= 15 is 0 Å². The number of nitrogens with zero attached hydrogens (tertiary/aromatic N) is 1. The molecule has 15 heavy (non-hydrogen) atoms. The number of amidine groups is 1. The lowest BCUT2D eigenvalue weighted by Gasteiger charge is -2.29. The van der Waals surface area contributed by atoms with Crippen LogP contribution in [0.25, 0.3) is 0 Å². The fourth-order valence-corrected chi connectivity index (χ4v) is 2.49. The van der Waals surface area contributed by atoms with Crippen LogP contribution in [0, 0.1) is 0 Å². The lowest BCUT2D eigenvalue weighted by molar-refractivity contribution is 0.0995. The number of aliphatic hydroxyl groups excluding tert-OH is 1. The van der Waals surface area contributed by atoms with Gasteiger partial charge in [0.15, 0.2) is 0 Å². The molecule has 1 saturated carbocycles. The van der Waals surface area contributed by atoms with E-state index in [0.29, 0.717) is 0 Å². The van der Waals surface area contributed by atoms with Crippen LogP contribution in [0.1, 0.15) is 51.4 Å². The van der Waals surface area contributed by atoms with Crippen molar-refractivity contribution in [3.8, 4) is 0 Å². The summed E-state index contributed by atoms with van der Waals surface area (Å²) in [7, 11) is 0. The van der Waals surface area contributed by atoms with Gasteiger partial charge in [-0.1, -0.05) is 19.3 Å². The molecule has 1 aliphatic heterocycles. The molecule has 2 N–H and O–H groups in total. The molecule has 86 valence electrons. The second kappa shape index (κ2) is 5.50. The minimum atomic E-state index is -0.162. The lowest BCUT2D eigenvalue weighted by Crippen LogP contribution is -2.45. The lowest BCUT2D eigenvalue weighted by atomic mass is 9.92. The Kier molecular flexibility index (Phi) is 4.01. The summed E-state index contributed by atoms with van der Waals surface area (Å²) in [6, 6.07) is 0.260. The molecule has 1 aliphatic carbocycles. The Morgan fingerprint density at radius 1 is 1.07 bits per heavy atom. The van der Waals surface area contributed by atoms with Gasteiger partial charge in [0, 0.05) is 13.0 Å². The largest absolute Gasteiger partial charge is 0.391 e.